The molecule has 0 atom stereocenters. The summed E-state index contributed by atoms with van der Waals surface area (Å²) < 4.78 is 21.0. The van der Waals surface area contributed by atoms with E-state index in [1.165, 1.54) is 135 Å². The van der Waals surface area contributed by atoms with Gasteiger partial charge in [-0.1, -0.05) is 388 Å². The summed E-state index contributed by atoms with van der Waals surface area (Å²) in [6, 6.07) is 161. The second kappa shape index (κ2) is 31.5. The molecular formula is C128H75N9O2S. The summed E-state index contributed by atoms with van der Waals surface area (Å²) in [5, 5.41) is 32.3. The second-order valence-electron chi connectivity index (χ2n) is 36.2. The molecule has 9 heterocycles. The van der Waals surface area contributed by atoms with E-state index >= 15 is 0 Å². The van der Waals surface area contributed by atoms with Crippen LogP contribution in [0.5, 0.6) is 0 Å². The van der Waals surface area contributed by atoms with Crippen LogP contribution in [-0.2, 0) is 0 Å². The molecule has 0 unspecified atom stereocenters. The van der Waals surface area contributed by atoms with Gasteiger partial charge >= 0.3 is 0 Å². The van der Waals surface area contributed by atoms with Crippen LogP contribution in [0.3, 0.4) is 0 Å². The third-order valence-corrected chi connectivity index (χ3v) is 29.5. The number of para-hydroxylation sites is 2. The first kappa shape index (κ1) is 78.8. The zero-order chi connectivity index (χ0) is 91.7. The molecule has 0 spiro atoms. The molecule has 0 N–H and O–H groups in total. The first-order valence-corrected chi connectivity index (χ1v) is 48.1. The molecule has 22 aromatic carbocycles. The molecule has 0 aliphatic heterocycles. The molecule has 0 saturated heterocycles. The van der Waals surface area contributed by atoms with Gasteiger partial charge in [0.25, 0.3) is 0 Å². The lowest BCUT2D eigenvalue weighted by Gasteiger charge is -2.13. The van der Waals surface area contributed by atoms with Crippen LogP contribution >= 0.6 is 11.3 Å². The molecular weight excluding hydrogens is 1730 g/mol. The van der Waals surface area contributed by atoms with Gasteiger partial charge in [0.1, 0.15) is 16.0 Å². The van der Waals surface area contributed by atoms with Gasteiger partial charge in [-0.2, -0.15) is 9.97 Å². The molecule has 650 valence electrons. The van der Waals surface area contributed by atoms with Crippen molar-refractivity contribution in [3.63, 3.8) is 0 Å². The molecule has 0 aliphatic carbocycles. The van der Waals surface area contributed by atoms with E-state index < -0.39 is 0 Å². The molecule has 0 radical (unpaired) electrons. The fraction of sp³-hybridized carbons (Fsp3) is 0. The van der Waals surface area contributed by atoms with Crippen LogP contribution in [0.2, 0.25) is 0 Å². The molecule has 31 aromatic rings. The summed E-state index contributed by atoms with van der Waals surface area (Å²) in [7, 11) is 0. The maximum Gasteiger partial charge on any atom is 0.238 e. The van der Waals surface area contributed by atoms with Crippen LogP contribution in [0.1, 0.15) is 0 Å². The smallest absolute Gasteiger partial charge is 0.238 e. The van der Waals surface area contributed by atoms with Crippen LogP contribution in [0.15, 0.2) is 464 Å². The lowest BCUT2D eigenvalue weighted by molar-refractivity contribution is 0.651. The predicted octanol–water partition coefficient (Wildman–Crippen LogP) is 34.4. The normalized spacial score (nSPS) is 12.0. The van der Waals surface area contributed by atoms with Gasteiger partial charge in [-0.3, -0.25) is 13.7 Å². The lowest BCUT2D eigenvalue weighted by atomic mass is 9.94. The minimum Gasteiger partial charge on any atom is -0.437 e. The van der Waals surface area contributed by atoms with Crippen molar-refractivity contribution in [2.75, 3.05) is 0 Å². The summed E-state index contributed by atoms with van der Waals surface area (Å²) in [5.74, 6) is 1.85. The Morgan fingerprint density at radius 1 is 0.186 bits per heavy atom. The van der Waals surface area contributed by atoms with Crippen molar-refractivity contribution in [3.05, 3.63) is 455 Å². The Labute approximate surface area is 802 Å². The van der Waals surface area contributed by atoms with E-state index in [0.717, 1.165) is 126 Å². The molecule has 12 heteroatoms. The Kier molecular flexibility index (Phi) is 17.7. The van der Waals surface area contributed by atoms with Crippen LogP contribution in [-0.4, -0.2) is 43.6 Å². The monoisotopic (exact) mass is 1800 g/mol. The van der Waals surface area contributed by atoms with E-state index in [1.54, 1.807) is 11.3 Å². The predicted molar refractivity (Wildman–Crippen MR) is 584 cm³/mol. The number of benzene rings is 22. The minimum atomic E-state index is 0.573. The number of thiophene rings is 1. The van der Waals surface area contributed by atoms with Gasteiger partial charge in [-0.15, -0.1) is 11.3 Å². The quantitative estimate of drug-likeness (QED) is 0.138. The number of furan rings is 2. The van der Waals surface area contributed by atoms with Gasteiger partial charge < -0.3 is 8.83 Å². The largest absolute Gasteiger partial charge is 0.437 e. The van der Waals surface area contributed by atoms with Crippen molar-refractivity contribution in [1.82, 2.24) is 43.6 Å². The molecule has 0 aliphatic rings. The van der Waals surface area contributed by atoms with Crippen molar-refractivity contribution >= 4 is 227 Å². The first-order valence-electron chi connectivity index (χ1n) is 47.3. The zero-order valence-corrected chi connectivity index (χ0v) is 75.9. The third kappa shape index (κ3) is 12.5. The molecule has 0 amide bonds. The first-order chi connectivity index (χ1) is 69.4. The van der Waals surface area contributed by atoms with Crippen molar-refractivity contribution in [2.45, 2.75) is 0 Å². The molecule has 9 aromatic heterocycles. The van der Waals surface area contributed by atoms with E-state index in [1.807, 2.05) is 36.4 Å². The summed E-state index contributed by atoms with van der Waals surface area (Å²) in [5.41, 5.74) is 19.8. The van der Waals surface area contributed by atoms with Gasteiger partial charge in [-0.25, -0.2) is 19.9 Å². The number of rotatable bonds is 8. The Morgan fingerprint density at radius 2 is 0.543 bits per heavy atom. The zero-order valence-electron chi connectivity index (χ0n) is 75.1. The number of fused-ring (bicyclic) bond motifs is 30. The summed E-state index contributed by atoms with van der Waals surface area (Å²) in [4.78, 5) is 33.2. The van der Waals surface area contributed by atoms with Crippen molar-refractivity contribution < 1.29 is 8.83 Å². The topological polar surface area (TPSA) is 118 Å². The van der Waals surface area contributed by atoms with E-state index in [4.69, 9.17) is 38.7 Å². The highest BCUT2D eigenvalue weighted by molar-refractivity contribution is 7.25. The molecule has 0 fully saturated rings. The number of nitrogens with zero attached hydrogens (tertiary/aromatic N) is 9. The van der Waals surface area contributed by atoms with Crippen LogP contribution in [0, 0.1) is 0 Å². The maximum atomic E-state index is 6.55. The molecule has 11 nitrogen and oxygen atoms in total. The van der Waals surface area contributed by atoms with Gasteiger partial charge in [0.2, 0.25) is 29.3 Å². The Balaban J connectivity index is 0.000000101. The Hall–Kier alpha value is -18.6. The number of hydrogen-bond donors (Lipinski definition) is 0. The Morgan fingerprint density at radius 3 is 1.07 bits per heavy atom. The van der Waals surface area contributed by atoms with Crippen molar-refractivity contribution in [3.8, 4) is 73.9 Å². The van der Waals surface area contributed by atoms with Crippen LogP contribution in [0.25, 0.3) is 290 Å². The van der Waals surface area contributed by atoms with E-state index in [0.29, 0.717) is 29.3 Å². The van der Waals surface area contributed by atoms with Crippen molar-refractivity contribution in [2.24, 2.45) is 0 Å². The summed E-state index contributed by atoms with van der Waals surface area (Å²) in [6.45, 7) is 0. The van der Waals surface area contributed by atoms with E-state index in [-0.39, 0.29) is 0 Å². The van der Waals surface area contributed by atoms with Gasteiger partial charge in [-0.05, 0) is 164 Å². The lowest BCUT2D eigenvalue weighted by Crippen LogP contribution is -2.03. The van der Waals surface area contributed by atoms with Crippen LogP contribution < -0.4 is 0 Å². The minimum absolute atomic E-state index is 0.573. The van der Waals surface area contributed by atoms with Gasteiger partial charge in [0, 0.05) is 86.0 Å². The summed E-state index contributed by atoms with van der Waals surface area (Å²) >= 11 is 1.73. The highest BCUT2D eigenvalue weighted by Crippen LogP contribution is 2.49. The Bertz CT molecular complexity index is 10200. The second-order valence-corrected chi connectivity index (χ2v) is 37.3. The maximum absolute atomic E-state index is 6.55. The standard InChI is InChI=1S/C44H25N3O.C42H25N3O.C42H25N3S/c1-2-13-28-25-38-36(23-27(28)12-1)40-31-16-6-3-11-26(31)21-22-37(40)47(38)44-45-42(41-34-19-9-10-20-39(34)48-43(41)46-44)35-24-29-14-4-5-15-30(29)32-17-7-8-18-33(32)35;2*1-2-10-26(11-3-1)27-18-20-29(21-19-27)39-38-34-16-8-9-17-37(34)46-41(38)44-42(43-39)45-36-25-31-14-5-4-13-30(31)24-35(36)33-23-22-28-12-6-7-15-32(28)40(33)45/h1-25H;2*1-25H. The van der Waals surface area contributed by atoms with E-state index in [2.05, 4.69) is 432 Å². The van der Waals surface area contributed by atoms with Crippen LogP contribution in [0.4, 0.5) is 0 Å². The SMILES string of the molecule is c1ccc(-c2ccc(-c3nc(-n4c5cc6ccccc6cc5c5ccc6ccccc6c54)nc4oc5ccccc5c34)cc2)cc1.c1ccc(-c2ccc(-c3nc(-n4c5cc6ccccc6cc5c5ccc6ccccc6c54)nc4sc5ccccc5c34)cc2)cc1.c1ccc2cc3c(cc2c1)c1c2ccccc2ccc1n3-c1nc(-c2cc3ccccc3c3ccccc23)c2c(n1)oc1ccccc12. The number of aromatic nitrogens is 9. The fourth-order valence-electron chi connectivity index (χ4n) is 21.9. The van der Waals surface area contributed by atoms with Gasteiger partial charge in [0.15, 0.2) is 0 Å². The number of hydrogen-bond acceptors (Lipinski definition) is 9. The summed E-state index contributed by atoms with van der Waals surface area (Å²) in [6.07, 6.45) is 0. The van der Waals surface area contributed by atoms with E-state index in [9.17, 15) is 0 Å². The molecule has 0 saturated carbocycles. The fourth-order valence-corrected chi connectivity index (χ4v) is 23.0. The average Bonchev–Trinajstić information content (AvgIpc) is 1.56. The molecule has 0 bridgehead atoms. The average molecular weight is 1800 g/mol. The van der Waals surface area contributed by atoms with Crippen molar-refractivity contribution in [1.29, 1.82) is 0 Å². The molecule has 31 rings (SSSR count). The molecule has 140 heavy (non-hydrogen) atoms. The third-order valence-electron chi connectivity index (χ3n) is 28.4. The highest BCUT2D eigenvalue weighted by atomic mass is 32.1. The highest BCUT2D eigenvalue weighted by Gasteiger charge is 2.29. The van der Waals surface area contributed by atoms with Gasteiger partial charge in [0.05, 0.1) is 61.0 Å².